The maximum Gasteiger partial charge on any atom is 0.0275 e. The Labute approximate surface area is 98.5 Å². The summed E-state index contributed by atoms with van der Waals surface area (Å²) in [5.41, 5.74) is 0. The molecule has 2 rings (SSSR count). The highest BCUT2D eigenvalue weighted by Crippen LogP contribution is 2.34. The molecule has 0 unspecified atom stereocenters. The molecule has 0 N–H and O–H groups in total. The largest absolute Gasteiger partial charge is 0.281 e. The van der Waals surface area contributed by atoms with E-state index in [0.29, 0.717) is 0 Å². The Hall–Kier alpha value is -1.17. The van der Waals surface area contributed by atoms with Crippen molar-refractivity contribution in [3.8, 4) is 0 Å². The maximum atomic E-state index is 2.31. The molecule has 0 amide bonds. The van der Waals surface area contributed by atoms with Gasteiger partial charge in [0.05, 0.1) is 0 Å². The van der Waals surface area contributed by atoms with Gasteiger partial charge in [0.15, 0.2) is 0 Å². The van der Waals surface area contributed by atoms with Gasteiger partial charge < -0.3 is 0 Å². The summed E-state index contributed by atoms with van der Waals surface area (Å²) in [7, 11) is 3.91. The predicted octanol–water partition coefficient (Wildman–Crippen LogP) is 2.60. The van der Waals surface area contributed by atoms with E-state index in [2.05, 4.69) is 79.4 Å². The molecule has 1 nitrogen and oxygen atoms in total. The van der Waals surface area contributed by atoms with Crippen LogP contribution in [0.25, 0.3) is 0 Å². The fraction of sp³-hybridized carbons (Fsp3) is 0.143. The van der Waals surface area contributed by atoms with E-state index in [9.17, 15) is 0 Å². The van der Waals surface area contributed by atoms with Crippen LogP contribution in [0.3, 0.4) is 0 Å². The zero-order valence-electron chi connectivity index (χ0n) is 9.67. The average molecular weight is 229 g/mol. The summed E-state index contributed by atoms with van der Waals surface area (Å²) in [6.45, 7) is 0. The Bertz CT molecular complexity index is 386. The SMILES string of the molecule is CN(C)P(c1ccccc1)c1ccccc1. The smallest absolute Gasteiger partial charge is 0.0275 e. The van der Waals surface area contributed by atoms with Crippen LogP contribution in [0, 0.1) is 0 Å². The van der Waals surface area contributed by atoms with Crippen LogP contribution in [0.5, 0.6) is 0 Å². The Kier molecular flexibility index (Phi) is 3.71. The molecule has 0 aliphatic heterocycles. The molecule has 0 radical (unpaired) electrons. The molecule has 2 heteroatoms. The molecule has 2 aromatic carbocycles. The van der Waals surface area contributed by atoms with Gasteiger partial charge in [0, 0.05) is 8.07 Å². The van der Waals surface area contributed by atoms with Crippen molar-refractivity contribution in [3.05, 3.63) is 60.7 Å². The second kappa shape index (κ2) is 5.25. The molecule has 0 saturated heterocycles. The molecule has 0 heterocycles. The van der Waals surface area contributed by atoms with E-state index in [-0.39, 0.29) is 8.07 Å². The molecule has 0 saturated carbocycles. The van der Waals surface area contributed by atoms with E-state index in [0.717, 1.165) is 0 Å². The monoisotopic (exact) mass is 229 g/mol. The van der Waals surface area contributed by atoms with Crippen molar-refractivity contribution in [2.45, 2.75) is 0 Å². The van der Waals surface area contributed by atoms with E-state index in [1.807, 2.05) is 0 Å². The Morgan fingerprint density at radius 2 is 1.06 bits per heavy atom. The first-order valence-corrected chi connectivity index (χ1v) is 6.66. The Balaban J connectivity index is 2.40. The van der Waals surface area contributed by atoms with E-state index in [1.54, 1.807) is 0 Å². The highest BCUT2D eigenvalue weighted by Gasteiger charge is 2.15. The molecule has 82 valence electrons. The molecular weight excluding hydrogens is 213 g/mol. The fourth-order valence-corrected chi connectivity index (χ4v) is 3.88. The highest BCUT2D eigenvalue weighted by molar-refractivity contribution is 7.70. The minimum atomic E-state index is -0.377. The van der Waals surface area contributed by atoms with Crippen LogP contribution < -0.4 is 10.6 Å². The maximum absolute atomic E-state index is 2.31. The van der Waals surface area contributed by atoms with Crippen molar-refractivity contribution in [2.75, 3.05) is 14.1 Å². The molecule has 0 aliphatic carbocycles. The number of rotatable bonds is 3. The highest BCUT2D eigenvalue weighted by atomic mass is 31.1. The lowest BCUT2D eigenvalue weighted by molar-refractivity contribution is 0.689. The lowest BCUT2D eigenvalue weighted by Gasteiger charge is -2.25. The van der Waals surface area contributed by atoms with Crippen LogP contribution in [0.1, 0.15) is 0 Å². The first-order valence-electron chi connectivity index (χ1n) is 5.36. The van der Waals surface area contributed by atoms with E-state index >= 15 is 0 Å². The molecule has 2 aromatic rings. The van der Waals surface area contributed by atoms with E-state index in [4.69, 9.17) is 0 Å². The summed E-state index contributed by atoms with van der Waals surface area (Å²) in [6, 6.07) is 21.4. The van der Waals surface area contributed by atoms with Crippen LogP contribution in [-0.4, -0.2) is 18.8 Å². The summed E-state index contributed by atoms with van der Waals surface area (Å²) in [4.78, 5) is 0. The van der Waals surface area contributed by atoms with Gasteiger partial charge in [0.2, 0.25) is 0 Å². The van der Waals surface area contributed by atoms with Crippen LogP contribution in [0.2, 0.25) is 0 Å². The van der Waals surface area contributed by atoms with Crippen molar-refractivity contribution in [3.63, 3.8) is 0 Å². The molecular formula is C14H16NP. The Morgan fingerprint density at radius 3 is 1.38 bits per heavy atom. The van der Waals surface area contributed by atoms with E-state index in [1.165, 1.54) is 10.6 Å². The van der Waals surface area contributed by atoms with Crippen molar-refractivity contribution < 1.29 is 0 Å². The van der Waals surface area contributed by atoms with Crippen LogP contribution in [0.15, 0.2) is 60.7 Å². The molecule has 0 aromatic heterocycles. The van der Waals surface area contributed by atoms with Gasteiger partial charge in [-0.1, -0.05) is 60.7 Å². The van der Waals surface area contributed by atoms with Gasteiger partial charge in [-0.3, -0.25) is 4.67 Å². The zero-order chi connectivity index (χ0) is 11.4. The van der Waals surface area contributed by atoms with Crippen molar-refractivity contribution in [2.24, 2.45) is 0 Å². The third-order valence-electron chi connectivity index (χ3n) is 2.40. The third kappa shape index (κ3) is 2.49. The van der Waals surface area contributed by atoms with Crippen LogP contribution in [-0.2, 0) is 0 Å². The third-order valence-corrected chi connectivity index (χ3v) is 4.78. The van der Waals surface area contributed by atoms with Gasteiger partial charge in [-0.2, -0.15) is 0 Å². The molecule has 0 atom stereocenters. The standard InChI is InChI=1S/C14H16NP/c1-15(2)16(13-9-5-3-6-10-13)14-11-7-4-8-12-14/h3-12H,1-2H3. The lowest BCUT2D eigenvalue weighted by atomic mass is 10.4. The number of benzene rings is 2. The van der Waals surface area contributed by atoms with Gasteiger partial charge in [-0.05, 0) is 24.7 Å². The fourth-order valence-electron chi connectivity index (χ4n) is 1.75. The summed E-state index contributed by atoms with van der Waals surface area (Å²) in [6.07, 6.45) is 0. The zero-order valence-corrected chi connectivity index (χ0v) is 10.6. The summed E-state index contributed by atoms with van der Waals surface area (Å²) in [5, 5.41) is 2.79. The first kappa shape index (κ1) is 11.3. The lowest BCUT2D eigenvalue weighted by Crippen LogP contribution is -2.22. The quantitative estimate of drug-likeness (QED) is 0.731. The Morgan fingerprint density at radius 1 is 0.688 bits per heavy atom. The summed E-state index contributed by atoms with van der Waals surface area (Å²) in [5.74, 6) is 0. The van der Waals surface area contributed by atoms with Crippen LogP contribution in [0.4, 0.5) is 0 Å². The topological polar surface area (TPSA) is 3.24 Å². The van der Waals surface area contributed by atoms with Crippen molar-refractivity contribution in [1.82, 2.24) is 4.67 Å². The molecule has 16 heavy (non-hydrogen) atoms. The average Bonchev–Trinajstić information content (AvgIpc) is 2.31. The van der Waals surface area contributed by atoms with Gasteiger partial charge in [-0.15, -0.1) is 0 Å². The van der Waals surface area contributed by atoms with Gasteiger partial charge >= 0.3 is 0 Å². The predicted molar refractivity (Wildman–Crippen MR) is 72.8 cm³/mol. The molecule has 0 bridgehead atoms. The normalized spacial score (nSPS) is 11.0. The molecule has 0 fully saturated rings. The second-order valence-electron chi connectivity index (χ2n) is 3.83. The van der Waals surface area contributed by atoms with Crippen molar-refractivity contribution in [1.29, 1.82) is 0 Å². The van der Waals surface area contributed by atoms with Gasteiger partial charge in [-0.25, -0.2) is 0 Å². The molecule has 0 aliphatic rings. The van der Waals surface area contributed by atoms with Crippen molar-refractivity contribution >= 4 is 18.7 Å². The number of nitrogens with zero attached hydrogens (tertiary/aromatic N) is 1. The van der Waals surface area contributed by atoms with Gasteiger partial charge in [0.1, 0.15) is 0 Å². The minimum absolute atomic E-state index is 0.377. The van der Waals surface area contributed by atoms with Crippen LogP contribution >= 0.6 is 8.07 Å². The second-order valence-corrected chi connectivity index (χ2v) is 6.29. The first-order chi connectivity index (χ1) is 7.79. The van der Waals surface area contributed by atoms with Gasteiger partial charge in [0.25, 0.3) is 0 Å². The summed E-state index contributed by atoms with van der Waals surface area (Å²) >= 11 is 0. The van der Waals surface area contributed by atoms with E-state index < -0.39 is 0 Å². The minimum Gasteiger partial charge on any atom is -0.281 e. The number of hydrogen-bond acceptors (Lipinski definition) is 1. The molecule has 0 spiro atoms. The number of hydrogen-bond donors (Lipinski definition) is 0. The summed E-state index contributed by atoms with van der Waals surface area (Å²) < 4.78 is 2.31.